The summed E-state index contributed by atoms with van der Waals surface area (Å²) in [4.78, 5) is 4.72. The third-order valence-electron chi connectivity index (χ3n) is 4.78. The fraction of sp³-hybridized carbons (Fsp3) is 0.333. The van der Waals surface area contributed by atoms with Crippen molar-refractivity contribution in [2.45, 2.75) is 40.2 Å². The maximum absolute atomic E-state index is 4.72. The highest BCUT2D eigenvalue weighted by molar-refractivity contribution is 7.19. The first-order valence-corrected chi connectivity index (χ1v) is 9.48. The molecule has 0 atom stereocenters. The molecule has 0 bridgehead atoms. The van der Waals surface area contributed by atoms with Crippen LogP contribution in [0.15, 0.2) is 36.4 Å². The number of thiazole rings is 1. The van der Waals surface area contributed by atoms with E-state index in [0.29, 0.717) is 0 Å². The number of hydrogen-bond donors (Lipinski definition) is 0. The van der Waals surface area contributed by atoms with Gasteiger partial charge in [-0.2, -0.15) is 0 Å². The number of imidazole rings is 1. The molecular weight excluding hydrogens is 326 g/mol. The standard InChI is InChI=1S/C21H24N3S/c1-13-11-12-15-19(25-14(2)22-15)18(13)20-23(6)16-9-7-8-10-17(16)24(20)21(3,4)5/h7-12H,1-6H3/q+1. The molecule has 0 radical (unpaired) electrons. The van der Waals surface area contributed by atoms with Gasteiger partial charge in [0.15, 0.2) is 11.0 Å². The van der Waals surface area contributed by atoms with Gasteiger partial charge in [-0.15, -0.1) is 11.3 Å². The number of hydrogen-bond acceptors (Lipinski definition) is 2. The van der Waals surface area contributed by atoms with Gasteiger partial charge in [-0.3, -0.25) is 0 Å². The van der Waals surface area contributed by atoms with E-state index in [9.17, 15) is 0 Å². The second-order valence-electron chi connectivity index (χ2n) is 7.72. The van der Waals surface area contributed by atoms with Crippen LogP contribution in [0.25, 0.3) is 32.6 Å². The molecular formula is C21H24N3S+. The fourth-order valence-electron chi connectivity index (χ4n) is 3.75. The van der Waals surface area contributed by atoms with Gasteiger partial charge in [0, 0.05) is 0 Å². The summed E-state index contributed by atoms with van der Waals surface area (Å²) in [6.07, 6.45) is 0. The Morgan fingerprint density at radius 3 is 2.48 bits per heavy atom. The molecule has 2 aromatic carbocycles. The Labute approximate surface area is 152 Å². The SMILES string of the molecule is Cc1nc2ccc(C)c(-c3n(C(C)(C)C)c4ccccc4[n+]3C)c2s1. The molecule has 2 aromatic heterocycles. The van der Waals surface area contributed by atoms with E-state index in [2.05, 4.69) is 87.2 Å². The van der Waals surface area contributed by atoms with E-state index >= 15 is 0 Å². The molecule has 0 spiro atoms. The molecule has 4 rings (SSSR count). The van der Waals surface area contributed by atoms with Crippen LogP contribution in [0.3, 0.4) is 0 Å². The van der Waals surface area contributed by atoms with Crippen molar-refractivity contribution >= 4 is 32.6 Å². The van der Waals surface area contributed by atoms with Gasteiger partial charge >= 0.3 is 0 Å². The van der Waals surface area contributed by atoms with E-state index in [0.717, 1.165) is 10.5 Å². The van der Waals surface area contributed by atoms with Crippen molar-refractivity contribution < 1.29 is 4.57 Å². The molecule has 0 saturated carbocycles. The number of benzene rings is 2. The van der Waals surface area contributed by atoms with Crippen LogP contribution in [-0.4, -0.2) is 9.55 Å². The molecule has 3 nitrogen and oxygen atoms in total. The zero-order valence-electron chi connectivity index (χ0n) is 15.7. The van der Waals surface area contributed by atoms with E-state index in [1.165, 1.54) is 32.7 Å². The minimum atomic E-state index is -0.0233. The topological polar surface area (TPSA) is 21.7 Å². The first-order chi connectivity index (χ1) is 11.8. The lowest BCUT2D eigenvalue weighted by atomic mass is 10.0. The highest BCUT2D eigenvalue weighted by Gasteiger charge is 2.34. The normalized spacial score (nSPS) is 12.4. The first-order valence-electron chi connectivity index (χ1n) is 8.66. The van der Waals surface area contributed by atoms with Crippen LogP contribution in [0.2, 0.25) is 0 Å². The van der Waals surface area contributed by atoms with Crippen LogP contribution < -0.4 is 4.57 Å². The van der Waals surface area contributed by atoms with Crippen LogP contribution in [0.4, 0.5) is 0 Å². The summed E-state index contributed by atoms with van der Waals surface area (Å²) in [6.45, 7) is 11.1. The Morgan fingerprint density at radius 2 is 1.76 bits per heavy atom. The van der Waals surface area contributed by atoms with Gasteiger partial charge in [-0.1, -0.05) is 18.2 Å². The van der Waals surface area contributed by atoms with Crippen LogP contribution in [0.5, 0.6) is 0 Å². The van der Waals surface area contributed by atoms with Crippen molar-refractivity contribution in [2.24, 2.45) is 7.05 Å². The lowest BCUT2D eigenvalue weighted by Gasteiger charge is -2.19. The number of nitrogens with zero attached hydrogens (tertiary/aromatic N) is 3. The second-order valence-corrected chi connectivity index (χ2v) is 8.92. The maximum atomic E-state index is 4.72. The zero-order valence-corrected chi connectivity index (χ0v) is 16.5. The Morgan fingerprint density at radius 1 is 1.04 bits per heavy atom. The van der Waals surface area contributed by atoms with Gasteiger partial charge in [0.1, 0.15) is 5.54 Å². The lowest BCUT2D eigenvalue weighted by molar-refractivity contribution is -0.634. The molecule has 128 valence electrons. The minimum Gasteiger partial charge on any atom is -0.241 e. The number of para-hydroxylation sites is 2. The molecule has 4 heteroatoms. The summed E-state index contributed by atoms with van der Waals surface area (Å²) in [6, 6.07) is 13.0. The van der Waals surface area contributed by atoms with Crippen molar-refractivity contribution in [1.29, 1.82) is 0 Å². The van der Waals surface area contributed by atoms with Gasteiger partial charge in [-0.05, 0) is 58.4 Å². The fourth-order valence-corrected chi connectivity index (χ4v) is 4.77. The number of fused-ring (bicyclic) bond motifs is 2. The van der Waals surface area contributed by atoms with Gasteiger partial charge in [0.25, 0.3) is 5.82 Å². The van der Waals surface area contributed by atoms with E-state index in [4.69, 9.17) is 4.98 Å². The van der Waals surface area contributed by atoms with Gasteiger partial charge in [0.2, 0.25) is 0 Å². The average Bonchev–Trinajstić information content (AvgIpc) is 3.05. The van der Waals surface area contributed by atoms with Crippen LogP contribution in [0, 0.1) is 13.8 Å². The molecule has 0 aliphatic rings. The van der Waals surface area contributed by atoms with Crippen LogP contribution >= 0.6 is 11.3 Å². The quantitative estimate of drug-likeness (QED) is 0.437. The number of rotatable bonds is 1. The first kappa shape index (κ1) is 16.3. The second kappa shape index (κ2) is 5.40. The third-order valence-corrected chi connectivity index (χ3v) is 5.78. The lowest BCUT2D eigenvalue weighted by Crippen LogP contribution is -2.33. The van der Waals surface area contributed by atoms with Crippen LogP contribution in [0.1, 0.15) is 31.3 Å². The Hall–Kier alpha value is -2.20. The van der Waals surface area contributed by atoms with Crippen molar-refractivity contribution in [3.05, 3.63) is 47.0 Å². The van der Waals surface area contributed by atoms with Crippen molar-refractivity contribution in [1.82, 2.24) is 9.55 Å². The van der Waals surface area contributed by atoms with E-state index < -0.39 is 0 Å². The number of aryl methyl sites for hydroxylation is 3. The molecule has 0 fully saturated rings. The minimum absolute atomic E-state index is 0.0233. The van der Waals surface area contributed by atoms with Crippen molar-refractivity contribution in [3.63, 3.8) is 0 Å². The maximum Gasteiger partial charge on any atom is 0.291 e. The molecule has 0 amide bonds. The van der Waals surface area contributed by atoms with E-state index in [-0.39, 0.29) is 5.54 Å². The summed E-state index contributed by atoms with van der Waals surface area (Å²) in [5.74, 6) is 1.25. The molecule has 0 aliphatic carbocycles. The van der Waals surface area contributed by atoms with Gasteiger partial charge in [0.05, 0.1) is 27.8 Å². The summed E-state index contributed by atoms with van der Waals surface area (Å²) in [7, 11) is 2.17. The summed E-state index contributed by atoms with van der Waals surface area (Å²) < 4.78 is 6.08. The third kappa shape index (κ3) is 2.39. The smallest absolute Gasteiger partial charge is 0.241 e. The Bertz CT molecular complexity index is 1110. The predicted octanol–water partition coefficient (Wildman–Crippen LogP) is 5.11. The molecule has 0 unspecified atom stereocenters. The summed E-state index contributed by atoms with van der Waals surface area (Å²) >= 11 is 1.79. The Kier molecular flexibility index (Phi) is 3.51. The van der Waals surface area contributed by atoms with E-state index in [1.54, 1.807) is 11.3 Å². The molecule has 0 saturated heterocycles. The highest BCUT2D eigenvalue weighted by Crippen LogP contribution is 2.38. The zero-order chi connectivity index (χ0) is 17.9. The van der Waals surface area contributed by atoms with Crippen LogP contribution in [-0.2, 0) is 12.6 Å². The van der Waals surface area contributed by atoms with Crippen molar-refractivity contribution in [2.75, 3.05) is 0 Å². The van der Waals surface area contributed by atoms with Gasteiger partial charge < -0.3 is 0 Å². The molecule has 25 heavy (non-hydrogen) atoms. The molecule has 0 N–H and O–H groups in total. The summed E-state index contributed by atoms with van der Waals surface area (Å²) in [5.41, 5.74) is 6.19. The van der Waals surface area contributed by atoms with E-state index in [1.807, 2.05) is 0 Å². The molecule has 2 heterocycles. The molecule has 4 aromatic rings. The van der Waals surface area contributed by atoms with Gasteiger partial charge in [-0.25, -0.2) is 14.1 Å². The van der Waals surface area contributed by atoms with Crippen molar-refractivity contribution in [3.8, 4) is 11.4 Å². The highest BCUT2D eigenvalue weighted by atomic mass is 32.1. The monoisotopic (exact) mass is 350 g/mol. The average molecular weight is 351 g/mol. The molecule has 0 aliphatic heterocycles. The largest absolute Gasteiger partial charge is 0.291 e. The number of aromatic nitrogens is 3. The Balaban J connectivity index is 2.23. The summed E-state index contributed by atoms with van der Waals surface area (Å²) in [5, 5.41) is 1.11. The predicted molar refractivity (Wildman–Crippen MR) is 106 cm³/mol.